The molecule has 0 unspecified atom stereocenters. The van der Waals surface area contributed by atoms with Crippen molar-refractivity contribution in [2.45, 2.75) is 52.9 Å². The number of nitrogens with one attached hydrogen (secondary N) is 1. The monoisotopic (exact) mass is 289 g/mol. The maximum Gasteiger partial charge on any atom is 0.138 e. The molecule has 5 heteroatoms. The van der Waals surface area contributed by atoms with Gasteiger partial charge in [0.2, 0.25) is 0 Å². The highest BCUT2D eigenvalue weighted by Crippen LogP contribution is 2.24. The van der Waals surface area contributed by atoms with Crippen molar-refractivity contribution in [2.75, 3.05) is 29.9 Å². The first-order chi connectivity index (χ1) is 9.92. The Morgan fingerprint density at radius 2 is 2.00 bits per heavy atom. The van der Waals surface area contributed by atoms with Gasteiger partial charge in [-0.3, -0.25) is 0 Å². The Morgan fingerprint density at radius 1 is 1.29 bits per heavy atom. The molecule has 0 fully saturated rings. The molecule has 1 rings (SSSR count). The third kappa shape index (κ3) is 5.22. The van der Waals surface area contributed by atoms with Crippen molar-refractivity contribution < 1.29 is 0 Å². The van der Waals surface area contributed by atoms with E-state index in [0.29, 0.717) is 13.0 Å². The molecular formula is C16H27N5. The molecule has 0 radical (unpaired) electrons. The maximum atomic E-state index is 8.79. The van der Waals surface area contributed by atoms with Crippen LogP contribution in [0.1, 0.15) is 53.3 Å². The van der Waals surface area contributed by atoms with Crippen LogP contribution in [0.15, 0.2) is 6.07 Å². The van der Waals surface area contributed by atoms with E-state index in [-0.39, 0.29) is 5.41 Å². The van der Waals surface area contributed by atoms with Crippen molar-refractivity contribution in [1.82, 2.24) is 9.97 Å². The minimum Gasteiger partial charge on any atom is -0.370 e. The second-order valence-electron chi connectivity index (χ2n) is 6.10. The minimum absolute atomic E-state index is 0.104. The lowest BCUT2D eigenvalue weighted by Gasteiger charge is -2.25. The fraction of sp³-hybridized carbons (Fsp3) is 0.688. The van der Waals surface area contributed by atoms with Crippen LogP contribution < -0.4 is 10.2 Å². The number of hydrogen-bond donors (Lipinski definition) is 1. The Kier molecular flexibility index (Phi) is 6.41. The molecule has 0 spiro atoms. The molecule has 1 aromatic rings. The summed E-state index contributed by atoms with van der Waals surface area (Å²) in [7, 11) is 0. The fourth-order valence-corrected chi connectivity index (χ4v) is 1.90. The van der Waals surface area contributed by atoms with Gasteiger partial charge in [-0.15, -0.1) is 0 Å². The van der Waals surface area contributed by atoms with E-state index < -0.39 is 0 Å². The number of aromatic nitrogens is 2. The molecule has 0 aliphatic carbocycles. The van der Waals surface area contributed by atoms with Crippen LogP contribution in [0.2, 0.25) is 0 Å². The van der Waals surface area contributed by atoms with Gasteiger partial charge in [0.25, 0.3) is 0 Å². The lowest BCUT2D eigenvalue weighted by Crippen LogP contribution is -2.27. The Hall–Kier alpha value is -1.83. The zero-order valence-electron chi connectivity index (χ0n) is 13.9. The molecule has 0 aliphatic rings. The molecule has 0 saturated carbocycles. The summed E-state index contributed by atoms with van der Waals surface area (Å²) in [6.45, 7) is 13.0. The Balaban J connectivity index is 3.13. The molecule has 0 saturated heterocycles. The van der Waals surface area contributed by atoms with Crippen LogP contribution in [0.4, 0.5) is 11.6 Å². The van der Waals surface area contributed by atoms with Crippen LogP contribution >= 0.6 is 0 Å². The lowest BCUT2D eigenvalue weighted by molar-refractivity contribution is 0.544. The van der Waals surface area contributed by atoms with Crippen molar-refractivity contribution in [1.29, 1.82) is 5.26 Å². The summed E-state index contributed by atoms with van der Waals surface area (Å²) in [4.78, 5) is 11.4. The zero-order valence-corrected chi connectivity index (χ0v) is 13.9. The van der Waals surface area contributed by atoms with Crippen molar-refractivity contribution >= 4 is 11.6 Å². The first-order valence-corrected chi connectivity index (χ1v) is 7.67. The summed E-state index contributed by atoms with van der Waals surface area (Å²) in [5.41, 5.74) is -0.104. The first kappa shape index (κ1) is 17.2. The van der Waals surface area contributed by atoms with E-state index in [4.69, 9.17) is 10.2 Å². The molecule has 0 aromatic carbocycles. The van der Waals surface area contributed by atoms with Crippen molar-refractivity contribution in [3.8, 4) is 6.07 Å². The van der Waals surface area contributed by atoms with E-state index >= 15 is 0 Å². The summed E-state index contributed by atoms with van der Waals surface area (Å²) in [6, 6.07) is 4.17. The van der Waals surface area contributed by atoms with E-state index in [9.17, 15) is 0 Å². The third-order valence-corrected chi connectivity index (χ3v) is 3.14. The van der Waals surface area contributed by atoms with Crippen LogP contribution in [0.25, 0.3) is 0 Å². The lowest BCUT2D eigenvalue weighted by atomic mass is 9.96. The van der Waals surface area contributed by atoms with E-state index in [2.05, 4.69) is 55.9 Å². The molecule has 21 heavy (non-hydrogen) atoms. The van der Waals surface area contributed by atoms with Gasteiger partial charge < -0.3 is 10.2 Å². The van der Waals surface area contributed by atoms with Crippen molar-refractivity contribution in [3.63, 3.8) is 0 Å². The number of nitrogens with zero attached hydrogens (tertiary/aromatic N) is 4. The van der Waals surface area contributed by atoms with E-state index in [1.807, 2.05) is 6.07 Å². The normalized spacial score (nSPS) is 11.0. The highest BCUT2D eigenvalue weighted by atomic mass is 15.2. The molecule has 0 aliphatic heterocycles. The second-order valence-corrected chi connectivity index (χ2v) is 6.10. The first-order valence-electron chi connectivity index (χ1n) is 7.67. The van der Waals surface area contributed by atoms with Gasteiger partial charge in [0.15, 0.2) is 0 Å². The molecule has 1 heterocycles. The number of rotatable bonds is 7. The molecule has 1 N–H and O–H groups in total. The second kappa shape index (κ2) is 7.82. The largest absolute Gasteiger partial charge is 0.370 e. The van der Waals surface area contributed by atoms with Crippen molar-refractivity contribution in [3.05, 3.63) is 11.9 Å². The third-order valence-electron chi connectivity index (χ3n) is 3.14. The quantitative estimate of drug-likeness (QED) is 0.834. The molecule has 116 valence electrons. The SMILES string of the molecule is CCCNc1cc(N(CC)CCC#N)nc(C(C)(C)C)n1. The molecule has 1 aromatic heterocycles. The number of anilines is 2. The van der Waals surface area contributed by atoms with Gasteiger partial charge in [-0.2, -0.15) is 5.26 Å². The van der Waals surface area contributed by atoms with Gasteiger partial charge in [-0.05, 0) is 13.3 Å². The summed E-state index contributed by atoms with van der Waals surface area (Å²) in [6.07, 6.45) is 1.55. The molecule has 0 atom stereocenters. The highest BCUT2D eigenvalue weighted by molar-refractivity contribution is 5.50. The molecule has 0 amide bonds. The van der Waals surface area contributed by atoms with Crippen LogP contribution in [0.3, 0.4) is 0 Å². The topological polar surface area (TPSA) is 64.8 Å². The van der Waals surface area contributed by atoms with E-state index in [1.54, 1.807) is 0 Å². The summed E-state index contributed by atoms with van der Waals surface area (Å²) >= 11 is 0. The number of hydrogen-bond acceptors (Lipinski definition) is 5. The Morgan fingerprint density at radius 3 is 2.52 bits per heavy atom. The van der Waals surface area contributed by atoms with E-state index in [0.717, 1.165) is 37.0 Å². The van der Waals surface area contributed by atoms with E-state index in [1.165, 1.54) is 0 Å². The van der Waals surface area contributed by atoms with Gasteiger partial charge in [0.05, 0.1) is 12.5 Å². The Bertz CT molecular complexity index is 484. The standard InChI is InChI=1S/C16H27N5/c1-6-10-18-13-12-14(21(7-2)11-8-9-17)20-15(19-13)16(3,4)5/h12H,6-8,10-11H2,1-5H3,(H,18,19,20). The van der Waals surface area contributed by atoms with Crippen molar-refractivity contribution in [2.24, 2.45) is 0 Å². The average molecular weight is 289 g/mol. The van der Waals surface area contributed by atoms with Crippen LogP contribution in [0, 0.1) is 11.3 Å². The maximum absolute atomic E-state index is 8.79. The summed E-state index contributed by atoms with van der Waals surface area (Å²) in [5.74, 6) is 2.59. The molecular weight excluding hydrogens is 262 g/mol. The van der Waals surface area contributed by atoms with Crippen LogP contribution in [-0.2, 0) is 5.41 Å². The van der Waals surface area contributed by atoms with Gasteiger partial charge in [-0.25, -0.2) is 9.97 Å². The zero-order chi connectivity index (χ0) is 15.9. The van der Waals surface area contributed by atoms with Gasteiger partial charge in [0.1, 0.15) is 17.5 Å². The molecule has 0 bridgehead atoms. The van der Waals surface area contributed by atoms with Crippen LogP contribution in [0.5, 0.6) is 0 Å². The smallest absolute Gasteiger partial charge is 0.138 e. The predicted molar refractivity (Wildman–Crippen MR) is 87.6 cm³/mol. The summed E-state index contributed by atoms with van der Waals surface area (Å²) < 4.78 is 0. The predicted octanol–water partition coefficient (Wildman–Crippen LogP) is 3.34. The van der Waals surface area contributed by atoms with Crippen LogP contribution in [-0.4, -0.2) is 29.6 Å². The number of nitriles is 1. The summed E-state index contributed by atoms with van der Waals surface area (Å²) in [5, 5.41) is 12.1. The van der Waals surface area contributed by atoms with Gasteiger partial charge in [-0.1, -0.05) is 27.7 Å². The van der Waals surface area contributed by atoms with Gasteiger partial charge >= 0.3 is 0 Å². The minimum atomic E-state index is -0.104. The Labute approximate surface area is 128 Å². The van der Waals surface area contributed by atoms with Gasteiger partial charge in [0, 0.05) is 31.1 Å². The highest BCUT2D eigenvalue weighted by Gasteiger charge is 2.20. The molecule has 5 nitrogen and oxygen atoms in total. The average Bonchev–Trinajstić information content (AvgIpc) is 2.45. The fourth-order valence-electron chi connectivity index (χ4n) is 1.90.